The van der Waals surface area contributed by atoms with E-state index in [0.717, 1.165) is 12.5 Å². The Kier molecular flexibility index (Phi) is 5.67. The Morgan fingerprint density at radius 3 is 2.44 bits per heavy atom. The molecular weight excluding hydrogens is 220 g/mol. The summed E-state index contributed by atoms with van der Waals surface area (Å²) in [7, 11) is 0. The van der Waals surface area contributed by atoms with E-state index in [2.05, 4.69) is 52.2 Å². The van der Waals surface area contributed by atoms with E-state index in [9.17, 15) is 0 Å². The molecule has 108 valence electrons. The van der Waals surface area contributed by atoms with Gasteiger partial charge in [-0.2, -0.15) is 0 Å². The fourth-order valence-corrected chi connectivity index (χ4v) is 2.82. The molecule has 18 heavy (non-hydrogen) atoms. The lowest BCUT2D eigenvalue weighted by Gasteiger charge is -2.39. The Morgan fingerprint density at radius 1 is 1.22 bits per heavy atom. The van der Waals surface area contributed by atoms with E-state index >= 15 is 0 Å². The van der Waals surface area contributed by atoms with Crippen LogP contribution in [-0.4, -0.2) is 24.7 Å². The number of hydrogen-bond acceptors (Lipinski definition) is 2. The third kappa shape index (κ3) is 5.71. The van der Waals surface area contributed by atoms with Gasteiger partial charge in [-0.15, -0.1) is 0 Å². The van der Waals surface area contributed by atoms with Gasteiger partial charge < -0.3 is 10.6 Å². The Morgan fingerprint density at radius 2 is 1.89 bits per heavy atom. The molecule has 1 aliphatic carbocycles. The van der Waals surface area contributed by atoms with Crippen LogP contribution in [0.5, 0.6) is 0 Å². The molecule has 2 N–H and O–H groups in total. The van der Waals surface area contributed by atoms with Crippen LogP contribution in [0.25, 0.3) is 0 Å². The fourth-order valence-electron chi connectivity index (χ4n) is 2.82. The molecule has 2 atom stereocenters. The van der Waals surface area contributed by atoms with Crippen molar-refractivity contribution in [3.05, 3.63) is 0 Å². The first-order valence-corrected chi connectivity index (χ1v) is 7.69. The monoisotopic (exact) mass is 254 g/mol. The number of rotatable bonds is 5. The molecule has 0 aromatic carbocycles. The SMILES string of the molecule is CC(CNC(C)(C)C)NCC1CCCCC1(C)C. The molecule has 1 saturated carbocycles. The maximum atomic E-state index is 3.72. The highest BCUT2D eigenvalue weighted by Crippen LogP contribution is 2.39. The van der Waals surface area contributed by atoms with Crippen LogP contribution < -0.4 is 10.6 Å². The molecule has 2 heteroatoms. The summed E-state index contributed by atoms with van der Waals surface area (Å²) >= 11 is 0. The van der Waals surface area contributed by atoms with E-state index in [0.29, 0.717) is 11.5 Å². The van der Waals surface area contributed by atoms with Gasteiger partial charge in [0.15, 0.2) is 0 Å². The molecule has 0 heterocycles. The van der Waals surface area contributed by atoms with Gasteiger partial charge in [0.05, 0.1) is 0 Å². The molecule has 1 rings (SSSR count). The largest absolute Gasteiger partial charge is 0.313 e. The van der Waals surface area contributed by atoms with Gasteiger partial charge in [-0.3, -0.25) is 0 Å². The smallest absolute Gasteiger partial charge is 0.0164 e. The second-order valence-electron chi connectivity index (χ2n) is 7.87. The molecular formula is C16H34N2. The highest BCUT2D eigenvalue weighted by Gasteiger charge is 2.31. The van der Waals surface area contributed by atoms with Crippen molar-refractivity contribution in [3.8, 4) is 0 Å². The average Bonchev–Trinajstić information content (AvgIpc) is 2.23. The Hall–Kier alpha value is -0.0800. The molecule has 0 spiro atoms. The normalized spacial score (nSPS) is 26.0. The Labute approximate surface area is 114 Å². The minimum Gasteiger partial charge on any atom is -0.313 e. The standard InChI is InChI=1S/C16H34N2/c1-13(11-18-15(2,3)4)17-12-14-9-7-8-10-16(14,5)6/h13-14,17-18H,7-12H2,1-6H3. The summed E-state index contributed by atoms with van der Waals surface area (Å²) < 4.78 is 0. The van der Waals surface area contributed by atoms with E-state index in [1.54, 1.807) is 0 Å². The van der Waals surface area contributed by atoms with Gasteiger partial charge in [0, 0.05) is 18.1 Å². The first-order chi connectivity index (χ1) is 8.21. The lowest BCUT2D eigenvalue weighted by atomic mass is 9.69. The van der Waals surface area contributed by atoms with Crippen LogP contribution in [-0.2, 0) is 0 Å². The Balaban J connectivity index is 2.27. The van der Waals surface area contributed by atoms with E-state index in [-0.39, 0.29) is 5.54 Å². The third-order valence-corrected chi connectivity index (χ3v) is 4.38. The van der Waals surface area contributed by atoms with Crippen molar-refractivity contribution in [1.29, 1.82) is 0 Å². The topological polar surface area (TPSA) is 24.1 Å². The van der Waals surface area contributed by atoms with E-state index < -0.39 is 0 Å². The fraction of sp³-hybridized carbons (Fsp3) is 1.00. The molecule has 0 amide bonds. The summed E-state index contributed by atoms with van der Waals surface area (Å²) in [5.41, 5.74) is 0.752. The third-order valence-electron chi connectivity index (χ3n) is 4.38. The predicted octanol–water partition coefficient (Wildman–Crippen LogP) is 3.57. The molecule has 2 unspecified atom stereocenters. The van der Waals surface area contributed by atoms with Gasteiger partial charge in [0.1, 0.15) is 0 Å². The van der Waals surface area contributed by atoms with Gasteiger partial charge in [-0.1, -0.05) is 26.7 Å². The van der Waals surface area contributed by atoms with E-state index in [1.165, 1.54) is 32.2 Å². The first-order valence-electron chi connectivity index (χ1n) is 7.69. The average molecular weight is 254 g/mol. The summed E-state index contributed by atoms with van der Waals surface area (Å²) in [4.78, 5) is 0. The van der Waals surface area contributed by atoms with Crippen molar-refractivity contribution in [2.45, 2.75) is 78.8 Å². The number of nitrogens with one attached hydrogen (secondary N) is 2. The lowest BCUT2D eigenvalue weighted by molar-refractivity contribution is 0.132. The molecule has 0 saturated heterocycles. The van der Waals surface area contributed by atoms with Crippen molar-refractivity contribution in [2.75, 3.05) is 13.1 Å². The van der Waals surface area contributed by atoms with Crippen LogP contribution in [0, 0.1) is 11.3 Å². The molecule has 0 aliphatic heterocycles. The molecule has 0 bridgehead atoms. The minimum absolute atomic E-state index is 0.222. The summed E-state index contributed by atoms with van der Waals surface area (Å²) in [5.74, 6) is 0.850. The second-order valence-corrected chi connectivity index (χ2v) is 7.87. The van der Waals surface area contributed by atoms with Crippen molar-refractivity contribution in [3.63, 3.8) is 0 Å². The molecule has 0 aromatic rings. The first kappa shape index (κ1) is 16.0. The molecule has 2 nitrogen and oxygen atoms in total. The number of hydrogen-bond donors (Lipinski definition) is 2. The van der Waals surface area contributed by atoms with Crippen LogP contribution in [0.15, 0.2) is 0 Å². The summed E-state index contributed by atoms with van der Waals surface area (Å²) in [6.45, 7) is 16.1. The summed E-state index contributed by atoms with van der Waals surface area (Å²) in [6, 6.07) is 0.557. The maximum absolute atomic E-state index is 3.72. The second kappa shape index (κ2) is 6.38. The molecule has 1 fully saturated rings. The minimum atomic E-state index is 0.222. The summed E-state index contributed by atoms with van der Waals surface area (Å²) in [6.07, 6.45) is 5.64. The Bertz CT molecular complexity index is 240. The van der Waals surface area contributed by atoms with Gasteiger partial charge >= 0.3 is 0 Å². The lowest BCUT2D eigenvalue weighted by Crippen LogP contribution is -2.47. The van der Waals surface area contributed by atoms with Crippen LogP contribution in [0.4, 0.5) is 0 Å². The summed E-state index contributed by atoms with van der Waals surface area (Å²) in [5, 5.41) is 7.29. The van der Waals surface area contributed by atoms with Gasteiger partial charge in [0.25, 0.3) is 0 Å². The molecule has 0 radical (unpaired) electrons. The van der Waals surface area contributed by atoms with Crippen LogP contribution in [0.1, 0.15) is 67.2 Å². The van der Waals surface area contributed by atoms with Crippen molar-refractivity contribution in [1.82, 2.24) is 10.6 Å². The van der Waals surface area contributed by atoms with Crippen molar-refractivity contribution < 1.29 is 0 Å². The van der Waals surface area contributed by atoms with Crippen LogP contribution in [0.2, 0.25) is 0 Å². The zero-order chi connectivity index (χ0) is 13.8. The van der Waals surface area contributed by atoms with Crippen molar-refractivity contribution in [2.24, 2.45) is 11.3 Å². The molecule has 0 aromatic heterocycles. The molecule has 1 aliphatic rings. The van der Waals surface area contributed by atoms with Gasteiger partial charge in [-0.25, -0.2) is 0 Å². The van der Waals surface area contributed by atoms with Crippen molar-refractivity contribution >= 4 is 0 Å². The van der Waals surface area contributed by atoms with Crippen LogP contribution >= 0.6 is 0 Å². The van der Waals surface area contributed by atoms with E-state index in [1.807, 2.05) is 0 Å². The zero-order valence-corrected chi connectivity index (χ0v) is 13.4. The zero-order valence-electron chi connectivity index (χ0n) is 13.4. The maximum Gasteiger partial charge on any atom is 0.0164 e. The van der Waals surface area contributed by atoms with E-state index in [4.69, 9.17) is 0 Å². The predicted molar refractivity (Wildman–Crippen MR) is 81.0 cm³/mol. The quantitative estimate of drug-likeness (QED) is 0.784. The highest BCUT2D eigenvalue weighted by molar-refractivity contribution is 4.85. The van der Waals surface area contributed by atoms with Crippen LogP contribution in [0.3, 0.4) is 0 Å². The van der Waals surface area contributed by atoms with Gasteiger partial charge in [0.2, 0.25) is 0 Å². The highest BCUT2D eigenvalue weighted by atomic mass is 15.0. The van der Waals surface area contributed by atoms with Gasteiger partial charge in [-0.05, 0) is 58.4 Å².